The number of furan rings is 1. The molecule has 0 amide bonds. The second-order valence-electron chi connectivity index (χ2n) is 2.22. The quantitative estimate of drug-likeness (QED) is 0.667. The molecule has 0 saturated carbocycles. The van der Waals surface area contributed by atoms with E-state index in [1.807, 2.05) is 0 Å². The second-order valence-corrected chi connectivity index (χ2v) is 2.22. The molecular weight excluding hydrogens is 174 g/mol. The van der Waals surface area contributed by atoms with Crippen LogP contribution in [0.2, 0.25) is 0 Å². The van der Waals surface area contributed by atoms with Crippen LogP contribution in [0.4, 0.5) is 0 Å². The van der Waals surface area contributed by atoms with Crippen molar-refractivity contribution in [3.8, 4) is 17.4 Å². The SMILES string of the molecule is O=COc1cc(-c2ccco2)on1. The van der Waals surface area contributed by atoms with E-state index >= 15 is 0 Å². The zero-order valence-corrected chi connectivity index (χ0v) is 6.47. The first-order valence-electron chi connectivity index (χ1n) is 3.51. The lowest BCUT2D eigenvalue weighted by Crippen LogP contribution is -1.86. The van der Waals surface area contributed by atoms with Crippen LogP contribution in [0.1, 0.15) is 0 Å². The Morgan fingerprint density at radius 1 is 1.46 bits per heavy atom. The van der Waals surface area contributed by atoms with Gasteiger partial charge in [0.25, 0.3) is 12.4 Å². The third kappa shape index (κ3) is 1.44. The second kappa shape index (κ2) is 3.14. The van der Waals surface area contributed by atoms with Crippen molar-refractivity contribution in [2.24, 2.45) is 0 Å². The monoisotopic (exact) mass is 179 g/mol. The van der Waals surface area contributed by atoms with Crippen molar-refractivity contribution >= 4 is 6.47 Å². The van der Waals surface area contributed by atoms with Gasteiger partial charge in [0, 0.05) is 0 Å². The van der Waals surface area contributed by atoms with Crippen LogP contribution in [0, 0.1) is 0 Å². The van der Waals surface area contributed by atoms with Crippen molar-refractivity contribution < 1.29 is 18.5 Å². The summed E-state index contributed by atoms with van der Waals surface area (Å²) in [4.78, 5) is 9.94. The van der Waals surface area contributed by atoms with E-state index < -0.39 is 0 Å². The molecule has 5 heteroatoms. The molecule has 0 unspecified atom stereocenters. The lowest BCUT2D eigenvalue weighted by Gasteiger charge is -1.83. The summed E-state index contributed by atoms with van der Waals surface area (Å²) in [6, 6.07) is 4.90. The molecule has 0 fully saturated rings. The van der Waals surface area contributed by atoms with Gasteiger partial charge in [-0.3, -0.25) is 4.79 Å². The van der Waals surface area contributed by atoms with Gasteiger partial charge < -0.3 is 13.7 Å². The summed E-state index contributed by atoms with van der Waals surface area (Å²) in [7, 11) is 0. The molecule has 2 aromatic heterocycles. The number of carbonyl (C=O) groups excluding carboxylic acids is 1. The molecule has 2 rings (SSSR count). The number of carbonyl (C=O) groups is 1. The van der Waals surface area contributed by atoms with Crippen molar-refractivity contribution in [2.75, 3.05) is 0 Å². The summed E-state index contributed by atoms with van der Waals surface area (Å²) in [5, 5.41) is 3.47. The maximum atomic E-state index is 9.94. The minimum Gasteiger partial charge on any atom is -0.461 e. The topological polar surface area (TPSA) is 65.5 Å². The summed E-state index contributed by atoms with van der Waals surface area (Å²) < 4.78 is 14.3. The van der Waals surface area contributed by atoms with Crippen molar-refractivity contribution in [3.63, 3.8) is 0 Å². The Kier molecular flexibility index (Phi) is 1.84. The lowest BCUT2D eigenvalue weighted by molar-refractivity contribution is -0.121. The summed E-state index contributed by atoms with van der Waals surface area (Å²) in [5.74, 6) is 1.07. The molecule has 0 spiro atoms. The van der Waals surface area contributed by atoms with Gasteiger partial charge in [0.15, 0.2) is 5.76 Å². The van der Waals surface area contributed by atoms with Gasteiger partial charge in [-0.1, -0.05) is 0 Å². The number of aromatic nitrogens is 1. The van der Waals surface area contributed by atoms with Gasteiger partial charge in [-0.2, -0.15) is 0 Å². The predicted octanol–water partition coefficient (Wildman–Crippen LogP) is 1.47. The third-order valence-electron chi connectivity index (χ3n) is 1.42. The van der Waals surface area contributed by atoms with Gasteiger partial charge in [-0.15, -0.1) is 0 Å². The Hall–Kier alpha value is -2.04. The smallest absolute Gasteiger partial charge is 0.299 e. The first-order valence-corrected chi connectivity index (χ1v) is 3.51. The highest BCUT2D eigenvalue weighted by molar-refractivity contribution is 5.52. The Bertz CT molecular complexity index is 390. The van der Waals surface area contributed by atoms with Crippen LogP contribution in [-0.2, 0) is 4.79 Å². The van der Waals surface area contributed by atoms with Gasteiger partial charge in [-0.05, 0) is 17.3 Å². The highest BCUT2D eigenvalue weighted by Gasteiger charge is 2.08. The maximum absolute atomic E-state index is 9.94. The first kappa shape index (κ1) is 7.60. The van der Waals surface area contributed by atoms with Crippen LogP contribution in [0.25, 0.3) is 11.5 Å². The number of hydrogen-bond donors (Lipinski definition) is 0. The average Bonchev–Trinajstić information content (AvgIpc) is 2.70. The molecule has 0 saturated heterocycles. The summed E-state index contributed by atoms with van der Waals surface area (Å²) >= 11 is 0. The molecule has 0 aromatic carbocycles. The highest BCUT2D eigenvalue weighted by atomic mass is 16.6. The number of ether oxygens (including phenoxy) is 1. The third-order valence-corrected chi connectivity index (χ3v) is 1.42. The zero-order chi connectivity index (χ0) is 9.10. The van der Waals surface area contributed by atoms with Crippen molar-refractivity contribution in [1.29, 1.82) is 0 Å². The van der Waals surface area contributed by atoms with Crippen molar-refractivity contribution in [2.45, 2.75) is 0 Å². The highest BCUT2D eigenvalue weighted by Crippen LogP contribution is 2.23. The van der Waals surface area contributed by atoms with Gasteiger partial charge in [0.05, 0.1) is 12.3 Å². The fraction of sp³-hybridized carbons (Fsp3) is 0. The van der Waals surface area contributed by atoms with E-state index in [1.165, 1.54) is 12.3 Å². The molecule has 0 aliphatic heterocycles. The van der Waals surface area contributed by atoms with E-state index in [0.29, 0.717) is 11.5 Å². The molecule has 5 nitrogen and oxygen atoms in total. The van der Waals surface area contributed by atoms with Crippen LogP contribution in [0.3, 0.4) is 0 Å². The lowest BCUT2D eigenvalue weighted by atomic mass is 10.3. The Labute approximate surface area is 72.9 Å². The van der Waals surface area contributed by atoms with Crippen LogP contribution < -0.4 is 4.74 Å². The van der Waals surface area contributed by atoms with Gasteiger partial charge >= 0.3 is 0 Å². The Morgan fingerprint density at radius 2 is 2.38 bits per heavy atom. The fourth-order valence-electron chi connectivity index (χ4n) is 0.899. The van der Waals surface area contributed by atoms with Gasteiger partial charge in [0.2, 0.25) is 5.76 Å². The molecule has 13 heavy (non-hydrogen) atoms. The Balaban J connectivity index is 2.28. The van der Waals surface area contributed by atoms with E-state index in [1.54, 1.807) is 12.1 Å². The fourth-order valence-corrected chi connectivity index (χ4v) is 0.899. The standard InChI is InChI=1S/C8H5NO4/c10-5-12-8-4-7(13-9-8)6-2-1-3-11-6/h1-5H. The summed E-state index contributed by atoms with van der Waals surface area (Å²) in [5.41, 5.74) is 0. The van der Waals surface area contributed by atoms with E-state index in [-0.39, 0.29) is 12.4 Å². The molecule has 0 aliphatic rings. The normalized spacial score (nSPS) is 9.85. The minimum atomic E-state index is 0.112. The van der Waals surface area contributed by atoms with E-state index in [0.717, 1.165) is 0 Å². The number of hydrogen-bond acceptors (Lipinski definition) is 5. The molecule has 0 radical (unpaired) electrons. The molecule has 0 atom stereocenters. The minimum absolute atomic E-state index is 0.112. The van der Waals surface area contributed by atoms with E-state index in [2.05, 4.69) is 9.89 Å². The van der Waals surface area contributed by atoms with Crippen molar-refractivity contribution in [1.82, 2.24) is 5.16 Å². The molecule has 0 bridgehead atoms. The zero-order valence-electron chi connectivity index (χ0n) is 6.47. The number of nitrogens with zero attached hydrogens (tertiary/aromatic N) is 1. The van der Waals surface area contributed by atoms with E-state index in [4.69, 9.17) is 8.94 Å². The molecule has 0 aliphatic carbocycles. The maximum Gasteiger partial charge on any atom is 0.299 e. The van der Waals surface area contributed by atoms with Crippen LogP contribution in [0.15, 0.2) is 33.4 Å². The summed E-state index contributed by atoms with van der Waals surface area (Å²) in [6.45, 7) is 0.282. The van der Waals surface area contributed by atoms with Crippen LogP contribution in [-0.4, -0.2) is 11.6 Å². The Morgan fingerprint density at radius 3 is 3.08 bits per heavy atom. The number of rotatable bonds is 3. The first-order chi connectivity index (χ1) is 6.40. The van der Waals surface area contributed by atoms with Gasteiger partial charge in [-0.25, -0.2) is 0 Å². The van der Waals surface area contributed by atoms with Crippen LogP contribution in [0.5, 0.6) is 5.88 Å². The molecule has 0 N–H and O–H groups in total. The van der Waals surface area contributed by atoms with Gasteiger partial charge in [0.1, 0.15) is 0 Å². The largest absolute Gasteiger partial charge is 0.461 e. The van der Waals surface area contributed by atoms with Crippen molar-refractivity contribution in [3.05, 3.63) is 24.5 Å². The molecular formula is C8H5NO4. The molecule has 2 aromatic rings. The predicted molar refractivity (Wildman–Crippen MR) is 40.9 cm³/mol. The average molecular weight is 179 g/mol. The van der Waals surface area contributed by atoms with Crippen LogP contribution >= 0.6 is 0 Å². The molecule has 2 heterocycles. The molecule has 66 valence electrons. The summed E-state index contributed by atoms with van der Waals surface area (Å²) in [6.07, 6.45) is 1.51. The van der Waals surface area contributed by atoms with E-state index in [9.17, 15) is 4.79 Å².